The Kier molecular flexibility index (Phi) is 4.04. The van der Waals surface area contributed by atoms with Crippen LogP contribution in [0.1, 0.15) is 50.9 Å². The van der Waals surface area contributed by atoms with E-state index in [0.717, 1.165) is 42.0 Å². The molecule has 18 heavy (non-hydrogen) atoms. The molecular formula is C14H24N4. The Bertz CT molecular complexity index is 411. The van der Waals surface area contributed by atoms with Crippen molar-refractivity contribution in [3.63, 3.8) is 0 Å². The minimum absolute atomic E-state index is 0.351. The molecule has 2 rings (SSSR count). The number of nitrogens with one attached hydrogen (secondary N) is 2. The molecule has 0 saturated heterocycles. The van der Waals surface area contributed by atoms with Gasteiger partial charge in [-0.05, 0) is 32.6 Å². The topological polar surface area (TPSA) is 49.8 Å². The van der Waals surface area contributed by atoms with Crippen LogP contribution in [0.15, 0.2) is 0 Å². The minimum Gasteiger partial charge on any atom is -0.370 e. The zero-order chi connectivity index (χ0) is 13.1. The summed E-state index contributed by atoms with van der Waals surface area (Å²) in [5.41, 5.74) is 1.13. The standard InChI is InChI=1S/C14H24N4/c1-5-15-13-10(4)14(16-8-11-6-7-11)18-12(17-13)9(2)3/h9,11H,5-8H2,1-4H3,(H2,15,16,17,18). The Hall–Kier alpha value is -1.32. The van der Waals surface area contributed by atoms with Gasteiger partial charge < -0.3 is 10.6 Å². The van der Waals surface area contributed by atoms with Gasteiger partial charge in [0.25, 0.3) is 0 Å². The SMILES string of the molecule is CCNc1nc(C(C)C)nc(NCC2CC2)c1C. The zero-order valence-corrected chi connectivity index (χ0v) is 11.9. The van der Waals surface area contributed by atoms with Gasteiger partial charge in [0.15, 0.2) is 0 Å². The summed E-state index contributed by atoms with van der Waals surface area (Å²) in [7, 11) is 0. The highest BCUT2D eigenvalue weighted by Gasteiger charge is 2.22. The fourth-order valence-corrected chi connectivity index (χ4v) is 1.87. The summed E-state index contributed by atoms with van der Waals surface area (Å²) in [6.07, 6.45) is 2.71. The number of nitrogens with zero attached hydrogens (tertiary/aromatic N) is 2. The van der Waals surface area contributed by atoms with Crippen LogP contribution < -0.4 is 10.6 Å². The van der Waals surface area contributed by atoms with E-state index in [2.05, 4.69) is 48.3 Å². The second-order valence-corrected chi connectivity index (χ2v) is 5.41. The third-order valence-electron chi connectivity index (χ3n) is 3.28. The molecule has 1 fully saturated rings. The van der Waals surface area contributed by atoms with Crippen LogP contribution in [-0.2, 0) is 0 Å². The van der Waals surface area contributed by atoms with Gasteiger partial charge in [0.1, 0.15) is 17.5 Å². The molecule has 0 amide bonds. The van der Waals surface area contributed by atoms with Gasteiger partial charge >= 0.3 is 0 Å². The Morgan fingerprint density at radius 3 is 2.28 bits per heavy atom. The molecule has 0 bridgehead atoms. The first-order chi connectivity index (χ1) is 8.61. The monoisotopic (exact) mass is 248 g/mol. The van der Waals surface area contributed by atoms with Gasteiger partial charge in [-0.2, -0.15) is 0 Å². The summed E-state index contributed by atoms with van der Waals surface area (Å²) in [5, 5.41) is 6.80. The van der Waals surface area contributed by atoms with E-state index in [9.17, 15) is 0 Å². The number of hydrogen-bond acceptors (Lipinski definition) is 4. The third kappa shape index (κ3) is 3.12. The highest BCUT2D eigenvalue weighted by atomic mass is 15.1. The number of anilines is 2. The Morgan fingerprint density at radius 2 is 1.78 bits per heavy atom. The molecule has 0 aliphatic heterocycles. The molecule has 1 heterocycles. The van der Waals surface area contributed by atoms with Gasteiger partial charge in [-0.15, -0.1) is 0 Å². The molecule has 4 nitrogen and oxygen atoms in total. The second kappa shape index (κ2) is 5.55. The van der Waals surface area contributed by atoms with Crippen LogP contribution >= 0.6 is 0 Å². The van der Waals surface area contributed by atoms with E-state index in [-0.39, 0.29) is 0 Å². The highest BCUT2D eigenvalue weighted by Crippen LogP contribution is 2.30. The van der Waals surface area contributed by atoms with Crippen molar-refractivity contribution in [2.45, 2.75) is 46.5 Å². The van der Waals surface area contributed by atoms with Crippen LogP contribution in [0.4, 0.5) is 11.6 Å². The van der Waals surface area contributed by atoms with Crippen LogP contribution in [0.3, 0.4) is 0 Å². The normalized spacial score (nSPS) is 14.9. The molecule has 1 aromatic rings. The van der Waals surface area contributed by atoms with Crippen molar-refractivity contribution in [1.29, 1.82) is 0 Å². The number of hydrogen-bond donors (Lipinski definition) is 2. The Morgan fingerprint density at radius 1 is 1.17 bits per heavy atom. The average Bonchev–Trinajstić information content (AvgIpc) is 3.14. The molecule has 0 atom stereocenters. The maximum atomic E-state index is 4.65. The molecule has 1 aromatic heterocycles. The lowest BCUT2D eigenvalue weighted by Crippen LogP contribution is -2.13. The molecule has 1 saturated carbocycles. The lowest BCUT2D eigenvalue weighted by molar-refractivity contribution is 0.769. The van der Waals surface area contributed by atoms with E-state index in [4.69, 9.17) is 0 Å². The third-order valence-corrected chi connectivity index (χ3v) is 3.28. The van der Waals surface area contributed by atoms with Crippen molar-refractivity contribution in [3.8, 4) is 0 Å². The second-order valence-electron chi connectivity index (χ2n) is 5.41. The van der Waals surface area contributed by atoms with E-state index in [0.29, 0.717) is 5.92 Å². The van der Waals surface area contributed by atoms with Crippen LogP contribution in [0.25, 0.3) is 0 Å². The fraction of sp³-hybridized carbons (Fsp3) is 0.714. The summed E-state index contributed by atoms with van der Waals surface area (Å²) >= 11 is 0. The van der Waals surface area contributed by atoms with Crippen molar-refractivity contribution >= 4 is 11.6 Å². The zero-order valence-electron chi connectivity index (χ0n) is 11.9. The first-order valence-corrected chi connectivity index (χ1v) is 6.98. The molecule has 0 unspecified atom stereocenters. The lowest BCUT2D eigenvalue weighted by atomic mass is 10.2. The predicted octanol–water partition coefficient (Wildman–Crippen LogP) is 3.16. The average molecular weight is 248 g/mol. The molecule has 0 spiro atoms. The van der Waals surface area contributed by atoms with E-state index < -0.39 is 0 Å². The summed E-state index contributed by atoms with van der Waals surface area (Å²) in [6, 6.07) is 0. The van der Waals surface area contributed by atoms with Gasteiger partial charge in [0.05, 0.1) is 0 Å². The van der Waals surface area contributed by atoms with Crippen LogP contribution in [0, 0.1) is 12.8 Å². The Labute approximate surface area is 110 Å². The molecule has 4 heteroatoms. The van der Waals surface area contributed by atoms with E-state index >= 15 is 0 Å². The summed E-state index contributed by atoms with van der Waals surface area (Å²) in [5.74, 6) is 4.08. The maximum absolute atomic E-state index is 4.65. The van der Waals surface area contributed by atoms with Gasteiger partial charge in [-0.25, -0.2) is 9.97 Å². The van der Waals surface area contributed by atoms with Crippen molar-refractivity contribution < 1.29 is 0 Å². The van der Waals surface area contributed by atoms with Crippen LogP contribution in [-0.4, -0.2) is 23.1 Å². The summed E-state index contributed by atoms with van der Waals surface area (Å²) < 4.78 is 0. The summed E-state index contributed by atoms with van der Waals surface area (Å²) in [6.45, 7) is 10.4. The quantitative estimate of drug-likeness (QED) is 0.812. The predicted molar refractivity (Wildman–Crippen MR) is 76.2 cm³/mol. The van der Waals surface area contributed by atoms with Crippen molar-refractivity contribution in [2.24, 2.45) is 5.92 Å². The fourth-order valence-electron chi connectivity index (χ4n) is 1.87. The maximum Gasteiger partial charge on any atom is 0.135 e. The first kappa shape index (κ1) is 13.1. The van der Waals surface area contributed by atoms with Crippen LogP contribution in [0.2, 0.25) is 0 Å². The highest BCUT2D eigenvalue weighted by molar-refractivity contribution is 5.57. The molecule has 1 aliphatic rings. The number of aromatic nitrogens is 2. The van der Waals surface area contributed by atoms with E-state index in [1.807, 2.05) is 0 Å². The van der Waals surface area contributed by atoms with Crippen LogP contribution in [0.5, 0.6) is 0 Å². The molecule has 0 radical (unpaired) electrons. The first-order valence-electron chi connectivity index (χ1n) is 6.98. The molecule has 0 aromatic carbocycles. The number of rotatable bonds is 6. The molecule has 100 valence electrons. The van der Waals surface area contributed by atoms with Gasteiger partial charge in [-0.1, -0.05) is 13.8 Å². The molecule has 2 N–H and O–H groups in total. The van der Waals surface area contributed by atoms with Gasteiger partial charge in [-0.3, -0.25) is 0 Å². The summed E-state index contributed by atoms with van der Waals surface area (Å²) in [4.78, 5) is 9.25. The van der Waals surface area contributed by atoms with Gasteiger partial charge in [0.2, 0.25) is 0 Å². The Balaban J connectivity index is 2.22. The van der Waals surface area contributed by atoms with Crippen molar-refractivity contribution in [3.05, 3.63) is 11.4 Å². The largest absolute Gasteiger partial charge is 0.370 e. The minimum atomic E-state index is 0.351. The molecular weight excluding hydrogens is 224 g/mol. The smallest absolute Gasteiger partial charge is 0.135 e. The lowest BCUT2D eigenvalue weighted by Gasteiger charge is -2.15. The van der Waals surface area contributed by atoms with E-state index in [1.54, 1.807) is 0 Å². The van der Waals surface area contributed by atoms with Gasteiger partial charge in [0, 0.05) is 24.6 Å². The molecule has 1 aliphatic carbocycles. The van der Waals surface area contributed by atoms with E-state index in [1.165, 1.54) is 12.8 Å². The van der Waals surface area contributed by atoms with Crippen molar-refractivity contribution in [1.82, 2.24) is 9.97 Å². The van der Waals surface area contributed by atoms with Crippen molar-refractivity contribution in [2.75, 3.05) is 23.7 Å².